The Morgan fingerprint density at radius 2 is 0.805 bits per heavy atom. The molecule has 0 aromatic rings. The molecular formula is C76H116O42. The maximum Gasteiger partial charge on any atom is 0.330 e. The van der Waals surface area contributed by atoms with Crippen molar-refractivity contribution in [2.45, 2.75) is 343 Å². The van der Waals surface area contributed by atoms with Gasteiger partial charge in [0.2, 0.25) is 0 Å². The van der Waals surface area contributed by atoms with Crippen molar-refractivity contribution >= 4 is 29.8 Å². The van der Waals surface area contributed by atoms with Crippen molar-refractivity contribution in [1.82, 2.24) is 0 Å². The summed E-state index contributed by atoms with van der Waals surface area (Å²) >= 11 is 0. The molecule has 5 aliphatic carbocycles. The van der Waals surface area contributed by atoms with E-state index < -0.39 is 320 Å². The summed E-state index contributed by atoms with van der Waals surface area (Å²) in [5.74, 6) is -8.47. The van der Waals surface area contributed by atoms with Crippen LogP contribution in [0.5, 0.6) is 0 Å². The first-order chi connectivity index (χ1) is 56.0. The zero-order valence-corrected chi connectivity index (χ0v) is 64.9. The van der Waals surface area contributed by atoms with Gasteiger partial charge in [-0.2, -0.15) is 0 Å². The molecule has 11 fully saturated rings. The minimum Gasteiger partial charge on any atom is -0.481 e. The Morgan fingerprint density at radius 3 is 1.31 bits per heavy atom. The summed E-state index contributed by atoms with van der Waals surface area (Å²) in [6, 6.07) is 0. The van der Waals surface area contributed by atoms with E-state index in [4.69, 9.17) is 80.9 Å². The van der Waals surface area contributed by atoms with Crippen molar-refractivity contribution in [3.05, 3.63) is 36.5 Å². The molecule has 0 aromatic carbocycles. The molecule has 6 heterocycles. The molecule has 118 heavy (non-hydrogen) atoms. The van der Waals surface area contributed by atoms with E-state index in [2.05, 4.69) is 0 Å². The average molecular weight is 1700 g/mol. The maximum atomic E-state index is 13.2. The molecule has 21 N–H and O–H groups in total. The van der Waals surface area contributed by atoms with Crippen LogP contribution in [0.3, 0.4) is 0 Å². The van der Waals surface area contributed by atoms with Crippen molar-refractivity contribution in [1.29, 1.82) is 0 Å². The Balaban J connectivity index is 0.874. The van der Waals surface area contributed by atoms with Gasteiger partial charge in [-0.05, 0) is 120 Å². The van der Waals surface area contributed by atoms with E-state index in [9.17, 15) is 126 Å². The van der Waals surface area contributed by atoms with Gasteiger partial charge in [-0.3, -0.25) is 9.59 Å². The number of hydrogen-bond donors (Lipinski definition) is 21. The van der Waals surface area contributed by atoms with Crippen molar-refractivity contribution in [3.8, 4) is 0 Å². The van der Waals surface area contributed by atoms with E-state index >= 15 is 0 Å². The SMILES string of the molecule is COC1CC(C=CC(=O)OC[C@H]2O[C@@H](OC3CC(C4OC5CC(O)CC(O[C@@H]6O[C@H](COC(=O)CC(=O)O)[C@@H](O)[C@H](O)[C@H]6O)C5CC4O[C@@H]4O[C@H](CO[C@@H]5O[C@@H](C)[C@H](OC(=O)C=CC6CCC(O)CC6)[C@@H](O)[C@H]5O)[C@@H](O)[C@H](O)[C@H]4O)CC(O[C@@H]4O[C@H](COC(=O)C=CC5CCC(O)C(O)C5)[C@@H](O)[C@H](O)[C@H]4O)C3O)[C@H](O)[C@@H](O)[C@@H]2O)CCC1O. The van der Waals surface area contributed by atoms with Crippen LogP contribution < -0.4 is 0 Å². The van der Waals surface area contributed by atoms with Crippen LogP contribution in [0.1, 0.15) is 110 Å². The second kappa shape index (κ2) is 42.3. The second-order valence-corrected chi connectivity index (χ2v) is 32.9. The molecule has 41 atom stereocenters. The van der Waals surface area contributed by atoms with Crippen LogP contribution >= 0.6 is 0 Å². The molecule has 42 nitrogen and oxygen atoms in total. The number of ether oxygens (including phenoxy) is 16. The van der Waals surface area contributed by atoms with Gasteiger partial charge in [0.25, 0.3) is 0 Å². The van der Waals surface area contributed by atoms with Gasteiger partial charge in [-0.1, -0.05) is 18.2 Å². The first-order valence-corrected chi connectivity index (χ1v) is 40.3. The first-order valence-electron chi connectivity index (χ1n) is 40.3. The smallest absolute Gasteiger partial charge is 0.330 e. The lowest BCUT2D eigenvalue weighted by Crippen LogP contribution is -2.65. The molecule has 0 bridgehead atoms. The maximum absolute atomic E-state index is 13.2. The van der Waals surface area contributed by atoms with Gasteiger partial charge in [-0.15, -0.1) is 0 Å². The summed E-state index contributed by atoms with van der Waals surface area (Å²) in [4.78, 5) is 62.9. The second-order valence-electron chi connectivity index (χ2n) is 32.9. The minimum atomic E-state index is -2.20. The van der Waals surface area contributed by atoms with Gasteiger partial charge in [0.1, 0.15) is 142 Å². The van der Waals surface area contributed by atoms with Gasteiger partial charge in [0, 0.05) is 37.7 Å². The van der Waals surface area contributed by atoms with E-state index in [-0.39, 0.29) is 49.9 Å². The highest BCUT2D eigenvalue weighted by atomic mass is 16.8. The summed E-state index contributed by atoms with van der Waals surface area (Å²) in [6.07, 6.45) is -54.9. The summed E-state index contributed by atoms with van der Waals surface area (Å²) in [6.45, 7) is -1.85. The molecule has 6 aliphatic heterocycles. The zero-order valence-electron chi connectivity index (χ0n) is 64.9. The number of aliphatic hydroxyl groups excluding tert-OH is 20. The fourth-order valence-electron chi connectivity index (χ4n) is 17.5. The van der Waals surface area contributed by atoms with E-state index in [0.29, 0.717) is 51.4 Å². The lowest BCUT2D eigenvalue weighted by atomic mass is 9.71. The van der Waals surface area contributed by atoms with Crippen LogP contribution in [0, 0.1) is 29.6 Å². The van der Waals surface area contributed by atoms with Crippen molar-refractivity contribution < 1.29 is 207 Å². The molecule has 0 radical (unpaired) electrons. The largest absolute Gasteiger partial charge is 0.481 e. The van der Waals surface area contributed by atoms with E-state index in [1.165, 1.54) is 26.2 Å². The molecule has 0 amide bonds. The number of hydrogen-bond acceptors (Lipinski definition) is 41. The predicted molar refractivity (Wildman–Crippen MR) is 383 cm³/mol. The lowest BCUT2D eigenvalue weighted by molar-refractivity contribution is -0.357. The third-order valence-corrected chi connectivity index (χ3v) is 24.5. The normalized spacial score (nSPS) is 47.3. The van der Waals surface area contributed by atoms with Gasteiger partial charge in [-0.25, -0.2) is 14.4 Å². The number of carboxylic acids is 1. The number of allylic oxidation sites excluding steroid dienone is 3. The summed E-state index contributed by atoms with van der Waals surface area (Å²) < 4.78 is 95.4. The molecular weight excluding hydrogens is 1580 g/mol. The number of esters is 4. The molecule has 6 saturated heterocycles. The van der Waals surface area contributed by atoms with Crippen molar-refractivity contribution in [2.24, 2.45) is 29.6 Å². The van der Waals surface area contributed by atoms with Gasteiger partial charge < -0.3 is 183 Å². The number of methoxy groups -OCH3 is 1. The molecule has 11 aliphatic rings. The Labute approximate surface area is 676 Å². The predicted octanol–water partition coefficient (Wildman–Crippen LogP) is -8.13. The average Bonchev–Trinajstić information content (AvgIpc) is 0.770. The third-order valence-electron chi connectivity index (χ3n) is 24.5. The Bertz CT molecular complexity index is 3310. The Morgan fingerprint density at radius 1 is 0.364 bits per heavy atom. The van der Waals surface area contributed by atoms with Crippen LogP contribution in [0.2, 0.25) is 0 Å². The van der Waals surface area contributed by atoms with Crippen LogP contribution in [-0.2, 0) is 99.8 Å². The quantitative estimate of drug-likeness (QED) is 0.0150. The fraction of sp³-hybridized carbons (Fsp3) is 0.855. The molecule has 0 spiro atoms. The van der Waals surface area contributed by atoms with Crippen LogP contribution in [0.15, 0.2) is 36.5 Å². The van der Waals surface area contributed by atoms with Gasteiger partial charge >= 0.3 is 29.8 Å². The summed E-state index contributed by atoms with van der Waals surface area (Å²) in [5.41, 5.74) is 0. The van der Waals surface area contributed by atoms with E-state index in [1.807, 2.05) is 0 Å². The zero-order chi connectivity index (χ0) is 85.4. The fourth-order valence-corrected chi connectivity index (χ4v) is 17.5. The van der Waals surface area contributed by atoms with E-state index in [0.717, 1.165) is 12.2 Å². The number of carbonyl (C=O) groups is 5. The summed E-state index contributed by atoms with van der Waals surface area (Å²) in [7, 11) is 1.44. The number of fused-ring (bicyclic) bond motifs is 1. The van der Waals surface area contributed by atoms with Crippen molar-refractivity contribution in [3.63, 3.8) is 0 Å². The summed E-state index contributed by atoms with van der Waals surface area (Å²) in [5, 5.41) is 234. The molecule has 5 saturated carbocycles. The number of carboxylic acid groups (broad SMARTS) is 1. The highest BCUT2D eigenvalue weighted by Gasteiger charge is 2.59. The van der Waals surface area contributed by atoms with Crippen LogP contribution in [-0.4, -0.2) is 404 Å². The number of aliphatic hydroxyl groups is 20. The third kappa shape index (κ3) is 23.4. The molecule has 42 heteroatoms. The lowest BCUT2D eigenvalue weighted by Gasteiger charge is -2.53. The minimum absolute atomic E-state index is 0.0237. The topological polar surface area (TPSA) is 658 Å². The first kappa shape index (κ1) is 94.0. The van der Waals surface area contributed by atoms with Crippen LogP contribution in [0.25, 0.3) is 0 Å². The molecule has 16 unspecified atom stereocenters. The highest BCUT2D eigenvalue weighted by molar-refractivity contribution is 5.90. The number of carbonyl (C=O) groups excluding carboxylic acids is 4. The van der Waals surface area contributed by atoms with Crippen molar-refractivity contribution in [2.75, 3.05) is 33.5 Å². The number of rotatable bonds is 28. The monoisotopic (exact) mass is 1700 g/mol. The Hall–Kier alpha value is -4.71. The highest BCUT2D eigenvalue weighted by Crippen LogP contribution is 2.47. The van der Waals surface area contributed by atoms with Crippen LogP contribution in [0.4, 0.5) is 0 Å². The Kier molecular flexibility index (Phi) is 33.7. The molecule has 11 rings (SSSR count). The van der Waals surface area contributed by atoms with E-state index in [1.54, 1.807) is 12.2 Å². The molecule has 672 valence electrons. The molecule has 0 aromatic heterocycles. The number of aliphatic carboxylic acids is 1. The van der Waals surface area contributed by atoms with Gasteiger partial charge in [0.05, 0.1) is 86.0 Å². The standard InChI is InChI=1S/C76H116O42/c1-29-70(118-53(86)16-7-30-3-10-34(77)11-4-30)64(97)69(102)72(108-29)107-28-49-59(92)63(96)68(101)76(117-49)113-45-23-36-40(21-35(78)22-41(36)110-73-65(98)60(93)58(91)48(114-73)27-106-54(87)24-50(82)83)109-71(45)33-19-43(111-74-66(99)61(94)56(89)46(115-74)25-104-51(84)14-8-31-5-12-37(79)39(81)17-31)55(88)44(20-33)112-75-67(100)62(95)57(90)47(116-75)26-105-52(85)15-9-32-6-13-38(80)42(18-32)103-2/h7-9,14-16,29-49,55-81,88-102H,3-6,10-13,17-28H2,1-2H3,(H,82,83)/t29-,30?,31?,32?,33?,34?,35?,36?,37?,38?,39?,40?,41?,42?,43?,44?,45?,46+,47+,48+,49+,55?,56+,57+,58+,59+,60-,61-,62-,63-,64-,65+,66+,67+,68+,69+,70-,71?,72+,73+,74+,75+,76+/m0/s1. The van der Waals surface area contributed by atoms with Gasteiger partial charge in [0.15, 0.2) is 37.6 Å².